The van der Waals surface area contributed by atoms with Crippen LogP contribution in [0.4, 0.5) is 23.2 Å². The van der Waals surface area contributed by atoms with Crippen LogP contribution in [0.5, 0.6) is 5.75 Å². The van der Waals surface area contributed by atoms with Crippen molar-refractivity contribution in [1.82, 2.24) is 9.97 Å². The Balaban J connectivity index is 2.16. The number of rotatable bonds is 1. The molecule has 1 aromatic carbocycles. The van der Waals surface area contributed by atoms with Crippen LogP contribution >= 0.6 is 11.6 Å². The van der Waals surface area contributed by atoms with Gasteiger partial charge in [0.25, 0.3) is 5.91 Å². The Bertz CT molecular complexity index is 811. The van der Waals surface area contributed by atoms with Crippen LogP contribution in [0.3, 0.4) is 0 Å². The molecule has 23 heavy (non-hydrogen) atoms. The van der Waals surface area contributed by atoms with E-state index >= 15 is 0 Å². The van der Waals surface area contributed by atoms with Gasteiger partial charge in [0.1, 0.15) is 17.9 Å². The molecule has 1 aromatic heterocycles. The molecule has 120 valence electrons. The number of hydrogen-bond acceptors (Lipinski definition) is 4. The van der Waals surface area contributed by atoms with Crippen molar-refractivity contribution in [1.29, 1.82) is 0 Å². The van der Waals surface area contributed by atoms with Gasteiger partial charge >= 0.3 is 6.18 Å². The van der Waals surface area contributed by atoms with Crippen LogP contribution in [0.25, 0.3) is 11.3 Å². The van der Waals surface area contributed by atoms with Crippen molar-refractivity contribution in [3.8, 4) is 17.0 Å². The quantitative estimate of drug-likeness (QED) is 0.804. The summed E-state index contributed by atoms with van der Waals surface area (Å²) in [5, 5.41) is 1.59. The average molecular weight is 348 g/mol. The first-order valence-corrected chi connectivity index (χ1v) is 6.49. The van der Waals surface area contributed by atoms with Gasteiger partial charge in [-0.3, -0.25) is 4.79 Å². The molecule has 0 aliphatic carbocycles. The van der Waals surface area contributed by atoms with Crippen molar-refractivity contribution in [2.45, 2.75) is 6.18 Å². The number of halogens is 5. The molecule has 0 bridgehead atoms. The molecule has 0 saturated carbocycles. The van der Waals surface area contributed by atoms with Crippen molar-refractivity contribution < 1.29 is 27.1 Å². The first-order valence-electron chi connectivity index (χ1n) is 6.11. The summed E-state index contributed by atoms with van der Waals surface area (Å²) in [5.74, 6) is -1.31. The molecule has 1 aliphatic rings. The molecule has 1 aliphatic heterocycles. The van der Waals surface area contributed by atoms with Gasteiger partial charge in [0, 0.05) is 11.6 Å². The summed E-state index contributed by atoms with van der Waals surface area (Å²) in [7, 11) is 0. The number of carbonyl (C=O) groups is 1. The van der Waals surface area contributed by atoms with E-state index in [2.05, 4.69) is 15.3 Å². The molecule has 0 atom stereocenters. The molecule has 5 nitrogen and oxygen atoms in total. The number of aromatic nitrogens is 2. The van der Waals surface area contributed by atoms with Gasteiger partial charge in [-0.15, -0.1) is 0 Å². The third-order valence-corrected chi connectivity index (χ3v) is 3.37. The Hall–Kier alpha value is -2.42. The number of benzene rings is 1. The Kier molecular flexibility index (Phi) is 3.59. The summed E-state index contributed by atoms with van der Waals surface area (Å²) in [4.78, 5) is 18.0. The second kappa shape index (κ2) is 5.34. The van der Waals surface area contributed by atoms with E-state index < -0.39 is 34.3 Å². The van der Waals surface area contributed by atoms with E-state index in [-0.39, 0.29) is 23.6 Å². The SMILES string of the molecule is O=C1COc2cc(F)c(-c3ncnc(C(F)(F)F)c3Cl)cc2N1. The van der Waals surface area contributed by atoms with Gasteiger partial charge in [-0.1, -0.05) is 11.6 Å². The van der Waals surface area contributed by atoms with Crippen molar-refractivity contribution >= 4 is 23.2 Å². The molecule has 0 fully saturated rings. The van der Waals surface area contributed by atoms with Crippen LogP contribution in [0.15, 0.2) is 18.5 Å². The maximum atomic E-state index is 14.2. The molecular formula is C13H6ClF4N3O2. The highest BCUT2D eigenvalue weighted by atomic mass is 35.5. The minimum Gasteiger partial charge on any atom is -0.481 e. The maximum absolute atomic E-state index is 14.2. The Labute approximate surface area is 131 Å². The molecule has 3 rings (SSSR count). The molecule has 0 unspecified atom stereocenters. The number of fused-ring (bicyclic) bond motifs is 1. The highest BCUT2D eigenvalue weighted by Crippen LogP contribution is 2.40. The topological polar surface area (TPSA) is 64.1 Å². The number of alkyl halides is 3. The van der Waals surface area contributed by atoms with E-state index in [4.69, 9.17) is 16.3 Å². The van der Waals surface area contributed by atoms with Gasteiger partial charge in [-0.05, 0) is 6.07 Å². The van der Waals surface area contributed by atoms with Crippen LogP contribution < -0.4 is 10.1 Å². The molecule has 0 saturated heterocycles. The molecule has 2 aromatic rings. The van der Waals surface area contributed by atoms with Crippen LogP contribution in [0.2, 0.25) is 5.02 Å². The number of anilines is 1. The summed E-state index contributed by atoms with van der Waals surface area (Å²) in [6.07, 6.45) is -4.17. The third kappa shape index (κ3) is 2.79. The fourth-order valence-corrected chi connectivity index (χ4v) is 2.34. The minimum absolute atomic E-state index is 0.0621. The van der Waals surface area contributed by atoms with Crippen LogP contribution in [0.1, 0.15) is 5.69 Å². The first kappa shape index (κ1) is 15.5. The monoisotopic (exact) mass is 347 g/mol. The molecule has 10 heteroatoms. The number of carbonyl (C=O) groups excluding carboxylic acids is 1. The lowest BCUT2D eigenvalue weighted by Gasteiger charge is -2.19. The standard InChI is InChI=1S/C13H6ClF4N3O2/c14-10-11(19-4-20-12(10)13(16,17)18)5-1-7-8(2-6(5)15)23-3-9(22)21-7/h1-2,4H,3H2,(H,21,22). The van der Waals surface area contributed by atoms with Crippen molar-refractivity contribution in [2.24, 2.45) is 0 Å². The number of ether oxygens (including phenoxy) is 1. The molecule has 2 heterocycles. The van der Waals surface area contributed by atoms with Gasteiger partial charge in [0.15, 0.2) is 12.3 Å². The van der Waals surface area contributed by atoms with Crippen LogP contribution in [0, 0.1) is 5.82 Å². The summed E-state index contributed by atoms with van der Waals surface area (Å²) in [6.45, 7) is -0.279. The zero-order valence-corrected chi connectivity index (χ0v) is 11.8. The smallest absolute Gasteiger partial charge is 0.434 e. The van der Waals surface area contributed by atoms with E-state index in [0.29, 0.717) is 6.33 Å². The highest BCUT2D eigenvalue weighted by Gasteiger charge is 2.37. The van der Waals surface area contributed by atoms with E-state index in [0.717, 1.165) is 12.1 Å². The lowest BCUT2D eigenvalue weighted by Crippen LogP contribution is -2.25. The molecule has 1 amide bonds. The number of nitrogens with one attached hydrogen (secondary N) is 1. The third-order valence-electron chi connectivity index (χ3n) is 3.02. The van der Waals surface area contributed by atoms with E-state index in [1.807, 2.05) is 0 Å². The second-order valence-electron chi connectivity index (χ2n) is 4.55. The van der Waals surface area contributed by atoms with Crippen LogP contribution in [-0.4, -0.2) is 22.5 Å². The first-order chi connectivity index (χ1) is 10.8. The summed E-state index contributed by atoms with van der Waals surface area (Å²) in [5.41, 5.74) is -2.01. The van der Waals surface area contributed by atoms with Gasteiger partial charge in [0.2, 0.25) is 0 Å². The predicted octanol–water partition coefficient (Wildman–Crippen LogP) is 3.29. The van der Waals surface area contributed by atoms with Gasteiger partial charge in [0.05, 0.1) is 16.4 Å². The normalized spacial score (nSPS) is 14.0. The average Bonchev–Trinajstić information content (AvgIpc) is 2.46. The van der Waals surface area contributed by atoms with Crippen molar-refractivity contribution in [3.63, 3.8) is 0 Å². The second-order valence-corrected chi connectivity index (χ2v) is 4.93. The summed E-state index contributed by atoms with van der Waals surface area (Å²) < 4.78 is 57.7. The maximum Gasteiger partial charge on any atom is 0.434 e. The van der Waals surface area contributed by atoms with Crippen LogP contribution in [-0.2, 0) is 11.0 Å². The number of amides is 1. The lowest BCUT2D eigenvalue weighted by molar-refractivity contribution is -0.141. The summed E-state index contributed by atoms with van der Waals surface area (Å²) >= 11 is 5.68. The van der Waals surface area contributed by atoms with Gasteiger partial charge < -0.3 is 10.1 Å². The predicted molar refractivity (Wildman–Crippen MR) is 71.6 cm³/mol. The minimum atomic E-state index is -4.81. The number of hydrogen-bond donors (Lipinski definition) is 1. The Morgan fingerprint density at radius 3 is 2.70 bits per heavy atom. The van der Waals surface area contributed by atoms with Gasteiger partial charge in [-0.2, -0.15) is 13.2 Å². The number of nitrogens with zero attached hydrogens (tertiary/aromatic N) is 2. The zero-order chi connectivity index (χ0) is 16.8. The lowest BCUT2D eigenvalue weighted by atomic mass is 10.1. The van der Waals surface area contributed by atoms with Gasteiger partial charge in [-0.25, -0.2) is 14.4 Å². The fraction of sp³-hybridized carbons (Fsp3) is 0.154. The highest BCUT2D eigenvalue weighted by molar-refractivity contribution is 6.33. The zero-order valence-electron chi connectivity index (χ0n) is 11.0. The van der Waals surface area contributed by atoms with Crippen molar-refractivity contribution in [3.05, 3.63) is 35.0 Å². The molecule has 0 radical (unpaired) electrons. The van der Waals surface area contributed by atoms with E-state index in [9.17, 15) is 22.4 Å². The van der Waals surface area contributed by atoms with E-state index in [1.165, 1.54) is 0 Å². The largest absolute Gasteiger partial charge is 0.481 e. The van der Waals surface area contributed by atoms with Crippen molar-refractivity contribution in [2.75, 3.05) is 11.9 Å². The van der Waals surface area contributed by atoms with E-state index in [1.54, 1.807) is 0 Å². The molecular weight excluding hydrogens is 342 g/mol. The molecule has 0 spiro atoms. The summed E-state index contributed by atoms with van der Waals surface area (Å²) in [6, 6.07) is 2.05. The Morgan fingerprint density at radius 2 is 2.00 bits per heavy atom. The fourth-order valence-electron chi connectivity index (χ4n) is 2.04. The molecule has 1 N–H and O–H groups in total. The Morgan fingerprint density at radius 1 is 1.26 bits per heavy atom.